The van der Waals surface area contributed by atoms with E-state index < -0.39 is 0 Å². The summed E-state index contributed by atoms with van der Waals surface area (Å²) >= 11 is 0. The van der Waals surface area contributed by atoms with E-state index in [9.17, 15) is 0 Å². The van der Waals surface area contributed by atoms with E-state index in [0.717, 1.165) is 26.0 Å². The van der Waals surface area contributed by atoms with Gasteiger partial charge in [0.25, 0.3) is 0 Å². The summed E-state index contributed by atoms with van der Waals surface area (Å²) in [4.78, 5) is 4.42. The van der Waals surface area contributed by atoms with Crippen molar-refractivity contribution in [1.29, 1.82) is 0 Å². The number of rotatable bonds is 5. The number of halogens is 1. The van der Waals surface area contributed by atoms with Crippen LogP contribution in [-0.2, 0) is 4.74 Å². The smallest absolute Gasteiger partial charge is 0.188 e. The maximum absolute atomic E-state index is 5.89. The minimum Gasteiger partial charge on any atom is -0.376 e. The topological polar surface area (TPSA) is 59.6 Å². The average Bonchev–Trinajstić information content (AvgIpc) is 2.95. The van der Waals surface area contributed by atoms with E-state index in [1.54, 1.807) is 0 Å². The number of nitrogens with one attached hydrogen (secondary N) is 1. The van der Waals surface area contributed by atoms with Crippen LogP contribution in [0.3, 0.4) is 0 Å². The highest BCUT2D eigenvalue weighted by Crippen LogP contribution is 2.16. The van der Waals surface area contributed by atoms with Gasteiger partial charge in [-0.1, -0.05) is 36.8 Å². The number of ether oxygens (including phenoxy) is 1. The largest absolute Gasteiger partial charge is 0.376 e. The first-order valence-electron chi connectivity index (χ1n) is 7.37. The van der Waals surface area contributed by atoms with Gasteiger partial charge in [-0.25, -0.2) is 0 Å². The molecule has 0 bridgehead atoms. The Morgan fingerprint density at radius 1 is 1.52 bits per heavy atom. The molecule has 1 saturated heterocycles. The molecule has 1 fully saturated rings. The predicted molar refractivity (Wildman–Crippen MR) is 98.5 cm³/mol. The molecule has 0 spiro atoms. The Morgan fingerprint density at radius 2 is 2.33 bits per heavy atom. The standard InChI is InChI=1S/C16H25N3O.HI/c1-12-5-3-6-14(9-12)13(2)10-18-16(17)19-11-15-7-4-8-20-15;/h3,5-6,9,13,15H,4,7-8,10-11H2,1-2H3,(H3,17,18,19);1H. The fraction of sp³-hybridized carbons (Fsp3) is 0.562. The van der Waals surface area contributed by atoms with Crippen molar-refractivity contribution >= 4 is 29.9 Å². The quantitative estimate of drug-likeness (QED) is 0.452. The lowest BCUT2D eigenvalue weighted by Gasteiger charge is -2.13. The van der Waals surface area contributed by atoms with Crippen LogP contribution in [0.2, 0.25) is 0 Å². The van der Waals surface area contributed by atoms with Crippen molar-refractivity contribution in [3.05, 3.63) is 35.4 Å². The van der Waals surface area contributed by atoms with Crippen molar-refractivity contribution < 1.29 is 4.74 Å². The van der Waals surface area contributed by atoms with Crippen LogP contribution < -0.4 is 11.1 Å². The molecule has 0 aromatic heterocycles. The molecule has 5 heteroatoms. The predicted octanol–water partition coefficient (Wildman–Crippen LogP) is 2.80. The molecule has 0 saturated carbocycles. The van der Waals surface area contributed by atoms with E-state index in [-0.39, 0.29) is 30.1 Å². The molecule has 1 aromatic carbocycles. The molecule has 2 atom stereocenters. The van der Waals surface area contributed by atoms with Gasteiger partial charge in [-0.3, -0.25) is 4.99 Å². The molecule has 4 nitrogen and oxygen atoms in total. The number of aliphatic imine (C=N–C) groups is 1. The van der Waals surface area contributed by atoms with Crippen LogP contribution in [0.15, 0.2) is 29.3 Å². The first kappa shape index (κ1) is 18.2. The van der Waals surface area contributed by atoms with Gasteiger partial charge in [0.1, 0.15) is 0 Å². The second kappa shape index (κ2) is 9.25. The van der Waals surface area contributed by atoms with Gasteiger partial charge >= 0.3 is 0 Å². The molecule has 21 heavy (non-hydrogen) atoms. The molecule has 2 unspecified atom stereocenters. The first-order valence-corrected chi connectivity index (χ1v) is 7.37. The van der Waals surface area contributed by atoms with Gasteiger partial charge in [-0.2, -0.15) is 0 Å². The Kier molecular flexibility index (Phi) is 8.03. The van der Waals surface area contributed by atoms with Gasteiger partial charge in [0.05, 0.1) is 6.10 Å². The monoisotopic (exact) mass is 403 g/mol. The van der Waals surface area contributed by atoms with Gasteiger partial charge < -0.3 is 15.8 Å². The van der Waals surface area contributed by atoms with Crippen LogP contribution >= 0.6 is 24.0 Å². The van der Waals surface area contributed by atoms with Crippen molar-refractivity contribution in [2.75, 3.05) is 19.7 Å². The lowest BCUT2D eigenvalue weighted by atomic mass is 10.00. The van der Waals surface area contributed by atoms with Gasteiger partial charge in [0.15, 0.2) is 5.96 Å². The summed E-state index contributed by atoms with van der Waals surface area (Å²) in [7, 11) is 0. The van der Waals surface area contributed by atoms with Crippen LogP contribution in [0.25, 0.3) is 0 Å². The van der Waals surface area contributed by atoms with Crippen LogP contribution in [0.5, 0.6) is 0 Å². The summed E-state index contributed by atoms with van der Waals surface area (Å²) in [6.45, 7) is 6.61. The Balaban J connectivity index is 0.00000220. The van der Waals surface area contributed by atoms with Crippen LogP contribution in [0, 0.1) is 6.92 Å². The number of nitrogens with zero attached hydrogens (tertiary/aromatic N) is 1. The molecule has 3 N–H and O–H groups in total. The second-order valence-electron chi connectivity index (χ2n) is 5.56. The molecule has 1 aliphatic heterocycles. The molecule has 2 rings (SSSR count). The highest BCUT2D eigenvalue weighted by Gasteiger charge is 2.15. The first-order chi connectivity index (χ1) is 9.65. The van der Waals surface area contributed by atoms with Crippen molar-refractivity contribution in [2.24, 2.45) is 10.7 Å². The molecule has 0 aliphatic carbocycles. The molecule has 118 valence electrons. The number of benzene rings is 1. The van der Waals surface area contributed by atoms with Crippen molar-refractivity contribution in [2.45, 2.75) is 38.7 Å². The van der Waals surface area contributed by atoms with E-state index in [2.05, 4.69) is 48.4 Å². The van der Waals surface area contributed by atoms with Gasteiger partial charge in [-0.05, 0) is 25.3 Å². The molecule has 1 aliphatic rings. The normalized spacial score (nSPS) is 19.9. The summed E-state index contributed by atoms with van der Waals surface area (Å²) in [6, 6.07) is 8.54. The highest BCUT2D eigenvalue weighted by atomic mass is 127. The molecule has 1 heterocycles. The van der Waals surface area contributed by atoms with Crippen molar-refractivity contribution in [1.82, 2.24) is 5.32 Å². The lowest BCUT2D eigenvalue weighted by Crippen LogP contribution is -2.37. The fourth-order valence-electron chi connectivity index (χ4n) is 2.40. The van der Waals surface area contributed by atoms with Crippen molar-refractivity contribution in [3.8, 4) is 0 Å². The van der Waals surface area contributed by atoms with E-state index in [4.69, 9.17) is 10.5 Å². The van der Waals surface area contributed by atoms with Crippen LogP contribution in [0.1, 0.15) is 36.8 Å². The zero-order valence-corrected chi connectivity index (χ0v) is 15.2. The summed E-state index contributed by atoms with van der Waals surface area (Å²) in [6.07, 6.45) is 2.55. The Labute approximate surface area is 144 Å². The molecular formula is C16H26IN3O. The third-order valence-electron chi connectivity index (χ3n) is 3.68. The Hall–Kier alpha value is -0.820. The number of hydrogen-bond acceptors (Lipinski definition) is 2. The SMILES string of the molecule is Cc1cccc(C(C)CN=C(N)NCC2CCCO2)c1.I. The summed E-state index contributed by atoms with van der Waals surface area (Å²) in [5, 5.41) is 3.15. The summed E-state index contributed by atoms with van der Waals surface area (Å²) < 4.78 is 5.54. The Bertz CT molecular complexity index is 459. The zero-order valence-electron chi connectivity index (χ0n) is 12.8. The van der Waals surface area contributed by atoms with Crippen molar-refractivity contribution in [3.63, 3.8) is 0 Å². The fourth-order valence-corrected chi connectivity index (χ4v) is 2.40. The highest BCUT2D eigenvalue weighted by molar-refractivity contribution is 14.0. The zero-order chi connectivity index (χ0) is 14.4. The van der Waals surface area contributed by atoms with Gasteiger partial charge in [0, 0.05) is 25.6 Å². The number of guanidine groups is 1. The van der Waals surface area contributed by atoms with Gasteiger partial charge in [-0.15, -0.1) is 24.0 Å². The summed E-state index contributed by atoms with van der Waals surface area (Å²) in [5.74, 6) is 0.887. The lowest BCUT2D eigenvalue weighted by molar-refractivity contribution is 0.114. The molecule has 1 aromatic rings. The Morgan fingerprint density at radius 3 is 3.00 bits per heavy atom. The number of aryl methyl sites for hydroxylation is 1. The maximum atomic E-state index is 5.89. The molecule has 0 radical (unpaired) electrons. The third-order valence-corrected chi connectivity index (χ3v) is 3.68. The van der Waals surface area contributed by atoms with E-state index in [0.29, 0.717) is 18.4 Å². The van der Waals surface area contributed by atoms with E-state index in [1.807, 2.05) is 0 Å². The van der Waals surface area contributed by atoms with E-state index >= 15 is 0 Å². The second-order valence-corrected chi connectivity index (χ2v) is 5.56. The van der Waals surface area contributed by atoms with Gasteiger partial charge in [0.2, 0.25) is 0 Å². The molecule has 0 amide bonds. The average molecular weight is 403 g/mol. The maximum Gasteiger partial charge on any atom is 0.188 e. The number of nitrogens with two attached hydrogens (primary N) is 1. The number of hydrogen-bond donors (Lipinski definition) is 2. The van der Waals surface area contributed by atoms with Crippen LogP contribution in [-0.4, -0.2) is 31.8 Å². The minimum atomic E-state index is 0. The van der Waals surface area contributed by atoms with E-state index in [1.165, 1.54) is 11.1 Å². The van der Waals surface area contributed by atoms with Crippen LogP contribution in [0.4, 0.5) is 0 Å². The molecular weight excluding hydrogens is 377 g/mol. The summed E-state index contributed by atoms with van der Waals surface area (Å²) in [5.41, 5.74) is 8.48. The third kappa shape index (κ3) is 6.22. The minimum absolute atomic E-state index is 0.